The fourth-order valence-electron chi connectivity index (χ4n) is 3.94. The number of rotatable bonds is 4. The molecule has 7 heteroatoms. The number of anilines is 1. The number of piperazine rings is 1. The van der Waals surface area contributed by atoms with Crippen molar-refractivity contribution in [1.82, 2.24) is 25.0 Å². The Bertz CT molecular complexity index is 987. The Labute approximate surface area is 178 Å². The van der Waals surface area contributed by atoms with Crippen LogP contribution in [0.2, 0.25) is 0 Å². The van der Waals surface area contributed by atoms with Crippen LogP contribution in [-0.2, 0) is 6.54 Å². The summed E-state index contributed by atoms with van der Waals surface area (Å²) in [5.74, 6) is 1.97. The molecule has 1 N–H and O–H groups in total. The normalized spacial score (nSPS) is 14.8. The van der Waals surface area contributed by atoms with Crippen LogP contribution in [0.25, 0.3) is 5.69 Å². The highest BCUT2D eigenvalue weighted by Crippen LogP contribution is 2.18. The van der Waals surface area contributed by atoms with E-state index in [0.29, 0.717) is 6.54 Å². The van der Waals surface area contributed by atoms with Gasteiger partial charge in [0.2, 0.25) is 0 Å². The molecule has 30 heavy (non-hydrogen) atoms. The molecule has 0 bridgehead atoms. The number of guanidine groups is 1. The van der Waals surface area contributed by atoms with Crippen LogP contribution in [-0.4, -0.2) is 58.9 Å². The second-order valence-corrected chi connectivity index (χ2v) is 7.46. The Kier molecular flexibility index (Phi) is 5.97. The minimum atomic E-state index is 0.706. The fourth-order valence-corrected chi connectivity index (χ4v) is 3.94. The molecule has 1 aliphatic rings. The molecule has 1 aliphatic heterocycles. The number of aliphatic imine (C=N–C) groups is 1. The third kappa shape index (κ3) is 4.15. The van der Waals surface area contributed by atoms with E-state index in [0.717, 1.165) is 55.0 Å². The van der Waals surface area contributed by atoms with Crippen LogP contribution < -0.4 is 10.2 Å². The van der Waals surface area contributed by atoms with E-state index >= 15 is 0 Å². The summed E-state index contributed by atoms with van der Waals surface area (Å²) >= 11 is 0. The van der Waals surface area contributed by atoms with Crippen molar-refractivity contribution in [1.29, 1.82) is 0 Å². The molecule has 0 unspecified atom stereocenters. The molecule has 4 rings (SSSR count). The minimum absolute atomic E-state index is 0.706. The maximum absolute atomic E-state index is 4.75. The van der Waals surface area contributed by atoms with Crippen LogP contribution in [0.4, 0.5) is 5.82 Å². The number of nitrogens with zero attached hydrogens (tertiary/aromatic N) is 6. The predicted octanol–water partition coefficient (Wildman–Crippen LogP) is 2.78. The zero-order valence-electron chi connectivity index (χ0n) is 17.9. The second kappa shape index (κ2) is 8.98. The van der Waals surface area contributed by atoms with Crippen molar-refractivity contribution in [2.24, 2.45) is 4.99 Å². The smallest absolute Gasteiger partial charge is 0.194 e. The van der Waals surface area contributed by atoms with Gasteiger partial charge in [-0.05, 0) is 38.1 Å². The zero-order valence-corrected chi connectivity index (χ0v) is 17.9. The summed E-state index contributed by atoms with van der Waals surface area (Å²) in [6, 6.07) is 16.3. The molecule has 0 atom stereocenters. The molecule has 7 nitrogen and oxygen atoms in total. The van der Waals surface area contributed by atoms with Crippen LogP contribution in [0.15, 0.2) is 59.7 Å². The van der Waals surface area contributed by atoms with Gasteiger partial charge in [0.25, 0.3) is 0 Å². The van der Waals surface area contributed by atoms with Gasteiger partial charge in [0.15, 0.2) is 5.96 Å². The van der Waals surface area contributed by atoms with E-state index in [1.54, 1.807) is 0 Å². The number of hydrogen-bond donors (Lipinski definition) is 1. The summed E-state index contributed by atoms with van der Waals surface area (Å²) in [5, 5.41) is 8.29. The molecule has 0 radical (unpaired) electrons. The Balaban J connectivity index is 1.39. The maximum atomic E-state index is 4.75. The zero-order chi connectivity index (χ0) is 20.9. The van der Waals surface area contributed by atoms with E-state index in [-0.39, 0.29) is 0 Å². The molecule has 0 aliphatic carbocycles. The van der Waals surface area contributed by atoms with Gasteiger partial charge in [-0.25, -0.2) is 9.67 Å². The third-order valence-electron chi connectivity index (χ3n) is 5.63. The van der Waals surface area contributed by atoms with Gasteiger partial charge in [0.05, 0.1) is 11.4 Å². The molecule has 1 saturated heterocycles. The minimum Gasteiger partial charge on any atom is -0.353 e. The van der Waals surface area contributed by atoms with Gasteiger partial charge in [0, 0.05) is 57.2 Å². The lowest BCUT2D eigenvalue weighted by Gasteiger charge is -2.37. The molecule has 0 spiro atoms. The molecule has 1 fully saturated rings. The molecule has 156 valence electrons. The standard InChI is InChI=1S/C23H29N7/c1-18-21(19(2)30(27-18)20-9-5-4-6-10-20)17-26-23(24-3)29-15-13-28(14-16-29)22-11-7-8-12-25-22/h4-12H,13-17H2,1-3H3,(H,24,26). The molecular weight excluding hydrogens is 374 g/mol. The van der Waals surface area contributed by atoms with Gasteiger partial charge in [-0.1, -0.05) is 24.3 Å². The third-order valence-corrected chi connectivity index (χ3v) is 5.63. The largest absolute Gasteiger partial charge is 0.353 e. The topological polar surface area (TPSA) is 61.6 Å². The van der Waals surface area contributed by atoms with Gasteiger partial charge in [-0.3, -0.25) is 4.99 Å². The van der Waals surface area contributed by atoms with Gasteiger partial charge < -0.3 is 15.1 Å². The summed E-state index contributed by atoms with van der Waals surface area (Å²) in [4.78, 5) is 13.6. The Morgan fingerprint density at radius 3 is 2.40 bits per heavy atom. The number of nitrogens with one attached hydrogen (secondary N) is 1. The summed E-state index contributed by atoms with van der Waals surface area (Å²) < 4.78 is 2.01. The number of aryl methyl sites for hydroxylation is 1. The van der Waals surface area contributed by atoms with Crippen LogP contribution in [0.1, 0.15) is 17.0 Å². The Morgan fingerprint density at radius 1 is 1.00 bits per heavy atom. The second-order valence-electron chi connectivity index (χ2n) is 7.46. The highest BCUT2D eigenvalue weighted by atomic mass is 15.4. The molecule has 0 saturated carbocycles. The predicted molar refractivity (Wildman–Crippen MR) is 121 cm³/mol. The van der Waals surface area contributed by atoms with Crippen LogP contribution >= 0.6 is 0 Å². The summed E-state index contributed by atoms with van der Waals surface area (Å²) in [5.41, 5.74) is 4.49. The van der Waals surface area contributed by atoms with Gasteiger partial charge in [-0.15, -0.1) is 0 Å². The molecular formula is C23H29N7. The lowest BCUT2D eigenvalue weighted by Crippen LogP contribution is -2.52. The SMILES string of the molecule is CN=C(NCc1c(C)nn(-c2ccccc2)c1C)N1CCN(c2ccccn2)CC1. The molecule has 1 aromatic carbocycles. The number of aromatic nitrogens is 3. The number of benzene rings is 1. The maximum Gasteiger partial charge on any atom is 0.194 e. The van der Waals surface area contributed by atoms with Crippen molar-refractivity contribution in [2.45, 2.75) is 20.4 Å². The van der Waals surface area contributed by atoms with E-state index < -0.39 is 0 Å². The van der Waals surface area contributed by atoms with Crippen LogP contribution in [0, 0.1) is 13.8 Å². The first kappa shape index (κ1) is 19.9. The molecule has 2 aromatic heterocycles. The number of hydrogen-bond acceptors (Lipinski definition) is 4. The monoisotopic (exact) mass is 403 g/mol. The first-order valence-corrected chi connectivity index (χ1v) is 10.4. The van der Waals surface area contributed by atoms with E-state index in [9.17, 15) is 0 Å². The van der Waals surface area contributed by atoms with Crippen molar-refractivity contribution >= 4 is 11.8 Å². The van der Waals surface area contributed by atoms with E-state index in [1.807, 2.05) is 48.3 Å². The van der Waals surface area contributed by atoms with Crippen LogP contribution in [0.3, 0.4) is 0 Å². The van der Waals surface area contributed by atoms with Crippen molar-refractivity contribution in [3.8, 4) is 5.69 Å². The lowest BCUT2D eigenvalue weighted by atomic mass is 10.2. The molecule has 3 heterocycles. The highest BCUT2D eigenvalue weighted by molar-refractivity contribution is 5.80. The summed E-state index contributed by atoms with van der Waals surface area (Å²) in [7, 11) is 1.85. The van der Waals surface area contributed by atoms with Gasteiger partial charge in [-0.2, -0.15) is 5.10 Å². The van der Waals surface area contributed by atoms with Crippen molar-refractivity contribution in [3.05, 3.63) is 71.7 Å². The van der Waals surface area contributed by atoms with E-state index in [1.165, 1.54) is 5.56 Å². The quantitative estimate of drug-likeness (QED) is 0.536. The van der Waals surface area contributed by atoms with Crippen molar-refractivity contribution in [2.75, 3.05) is 38.1 Å². The number of para-hydroxylation sites is 1. The first-order chi connectivity index (χ1) is 14.7. The average Bonchev–Trinajstić information content (AvgIpc) is 3.09. The summed E-state index contributed by atoms with van der Waals surface area (Å²) in [6.07, 6.45) is 1.85. The lowest BCUT2D eigenvalue weighted by molar-refractivity contribution is 0.371. The van der Waals surface area contributed by atoms with E-state index in [2.05, 4.69) is 57.1 Å². The van der Waals surface area contributed by atoms with E-state index in [4.69, 9.17) is 5.10 Å². The fraction of sp³-hybridized carbons (Fsp3) is 0.348. The van der Waals surface area contributed by atoms with Crippen molar-refractivity contribution < 1.29 is 0 Å². The van der Waals surface area contributed by atoms with Gasteiger partial charge in [0.1, 0.15) is 5.82 Å². The molecule has 3 aromatic rings. The Morgan fingerprint density at radius 2 is 1.73 bits per heavy atom. The molecule has 0 amide bonds. The van der Waals surface area contributed by atoms with Gasteiger partial charge >= 0.3 is 0 Å². The Hall–Kier alpha value is -3.35. The first-order valence-electron chi connectivity index (χ1n) is 10.4. The average molecular weight is 404 g/mol. The summed E-state index contributed by atoms with van der Waals surface area (Å²) in [6.45, 7) is 8.59. The number of pyridine rings is 1. The van der Waals surface area contributed by atoms with Crippen LogP contribution in [0.5, 0.6) is 0 Å². The van der Waals surface area contributed by atoms with Crippen molar-refractivity contribution in [3.63, 3.8) is 0 Å². The highest BCUT2D eigenvalue weighted by Gasteiger charge is 2.21.